The predicted molar refractivity (Wildman–Crippen MR) is 114 cm³/mol. The summed E-state index contributed by atoms with van der Waals surface area (Å²) in [6.45, 7) is 3.78. The number of nitrogens with one attached hydrogen (secondary N) is 2. The highest BCUT2D eigenvalue weighted by Gasteiger charge is 2.24. The summed E-state index contributed by atoms with van der Waals surface area (Å²) in [5.41, 5.74) is 0. The highest BCUT2D eigenvalue weighted by molar-refractivity contribution is 14.0. The second-order valence-corrected chi connectivity index (χ2v) is 7.82. The molecule has 1 atom stereocenters. The van der Waals surface area contributed by atoms with Crippen molar-refractivity contribution in [3.8, 4) is 0 Å². The maximum atomic E-state index is 4.56. The number of hydrogen-bond acceptors (Lipinski definition) is 6. The number of thioether (sulfide) groups is 1. The van der Waals surface area contributed by atoms with Gasteiger partial charge in [-0.05, 0) is 26.2 Å². The van der Waals surface area contributed by atoms with Gasteiger partial charge in [0.05, 0.1) is 6.04 Å². The van der Waals surface area contributed by atoms with E-state index in [1.54, 1.807) is 30.1 Å². The largest absolute Gasteiger partial charge is 0.356 e. The molecular formula is C15H24IN7S2. The van der Waals surface area contributed by atoms with Crippen LogP contribution in [0.5, 0.6) is 0 Å². The summed E-state index contributed by atoms with van der Waals surface area (Å²) in [6, 6.07) is 0.177. The summed E-state index contributed by atoms with van der Waals surface area (Å²) >= 11 is 3.49. The number of aliphatic imine (C=N–C) groups is 1. The van der Waals surface area contributed by atoms with Gasteiger partial charge in [-0.3, -0.25) is 4.99 Å². The molecule has 3 heterocycles. The van der Waals surface area contributed by atoms with E-state index in [9.17, 15) is 0 Å². The van der Waals surface area contributed by atoms with Gasteiger partial charge in [0.1, 0.15) is 16.0 Å². The van der Waals surface area contributed by atoms with Gasteiger partial charge in [-0.2, -0.15) is 5.10 Å². The summed E-state index contributed by atoms with van der Waals surface area (Å²) < 4.78 is 3.14. The summed E-state index contributed by atoms with van der Waals surface area (Å²) in [5.74, 6) is 3.73. The molecule has 0 saturated heterocycles. The van der Waals surface area contributed by atoms with Gasteiger partial charge in [-0.25, -0.2) is 14.6 Å². The van der Waals surface area contributed by atoms with Gasteiger partial charge in [0, 0.05) is 37.5 Å². The molecule has 10 heteroatoms. The van der Waals surface area contributed by atoms with Crippen molar-refractivity contribution in [2.45, 2.75) is 43.1 Å². The molecule has 2 aromatic rings. The number of aryl methyl sites for hydroxylation is 2. The van der Waals surface area contributed by atoms with E-state index in [4.69, 9.17) is 0 Å². The number of rotatable bonds is 6. The normalized spacial score (nSPS) is 16.9. The van der Waals surface area contributed by atoms with E-state index in [1.165, 1.54) is 0 Å². The first kappa shape index (κ1) is 20.4. The van der Waals surface area contributed by atoms with Crippen molar-refractivity contribution in [2.75, 3.05) is 19.3 Å². The molecule has 3 rings (SSSR count). The standard InChI is InChI=1S/C15H23N7S2.HI/c1-11-19-13-12(5-3-8-22(13)21-11)20-14(16-2)17-6-4-9-23-15-18-7-10-24-15;/h7,10,12H,3-6,8-9H2,1-2H3,(H2,16,17,20);1H. The Bertz CT molecular complexity index is 671. The molecule has 7 nitrogen and oxygen atoms in total. The lowest BCUT2D eigenvalue weighted by Gasteiger charge is -2.25. The van der Waals surface area contributed by atoms with Crippen LogP contribution in [0.15, 0.2) is 20.9 Å². The zero-order valence-electron chi connectivity index (χ0n) is 14.4. The molecule has 1 aliphatic heterocycles. The summed E-state index contributed by atoms with van der Waals surface area (Å²) in [4.78, 5) is 13.2. The zero-order chi connectivity index (χ0) is 16.8. The number of halogens is 1. The van der Waals surface area contributed by atoms with E-state index in [-0.39, 0.29) is 30.0 Å². The summed E-state index contributed by atoms with van der Waals surface area (Å²) in [6.07, 6.45) is 5.07. The number of thiazole rings is 1. The van der Waals surface area contributed by atoms with E-state index in [1.807, 2.05) is 23.2 Å². The molecule has 0 saturated carbocycles. The topological polar surface area (TPSA) is 80.0 Å². The molecule has 0 spiro atoms. The summed E-state index contributed by atoms with van der Waals surface area (Å²) in [7, 11) is 1.80. The molecule has 1 aliphatic rings. The monoisotopic (exact) mass is 493 g/mol. The smallest absolute Gasteiger partial charge is 0.191 e. The average Bonchev–Trinajstić information content (AvgIpc) is 3.22. The van der Waals surface area contributed by atoms with Crippen molar-refractivity contribution in [1.29, 1.82) is 0 Å². The van der Waals surface area contributed by atoms with Gasteiger partial charge in [0.15, 0.2) is 5.96 Å². The van der Waals surface area contributed by atoms with Crippen LogP contribution in [0, 0.1) is 6.92 Å². The van der Waals surface area contributed by atoms with Crippen LogP contribution in [0.4, 0.5) is 0 Å². The van der Waals surface area contributed by atoms with Crippen LogP contribution in [0.3, 0.4) is 0 Å². The third kappa shape index (κ3) is 5.81. The van der Waals surface area contributed by atoms with Crippen molar-refractivity contribution in [1.82, 2.24) is 30.4 Å². The van der Waals surface area contributed by atoms with E-state index in [2.05, 4.69) is 30.7 Å². The maximum Gasteiger partial charge on any atom is 0.191 e. The number of hydrogen-bond donors (Lipinski definition) is 2. The summed E-state index contributed by atoms with van der Waals surface area (Å²) in [5, 5.41) is 13.3. The molecule has 1 unspecified atom stereocenters. The molecule has 25 heavy (non-hydrogen) atoms. The van der Waals surface area contributed by atoms with Gasteiger partial charge in [-0.15, -0.1) is 35.3 Å². The van der Waals surface area contributed by atoms with Gasteiger partial charge in [0.25, 0.3) is 0 Å². The van der Waals surface area contributed by atoms with Crippen molar-refractivity contribution >= 4 is 53.0 Å². The van der Waals surface area contributed by atoms with Gasteiger partial charge >= 0.3 is 0 Å². The second-order valence-electron chi connectivity index (χ2n) is 5.58. The molecule has 0 aromatic carbocycles. The molecule has 0 aliphatic carbocycles. The van der Waals surface area contributed by atoms with E-state index < -0.39 is 0 Å². The lowest BCUT2D eigenvalue weighted by Crippen LogP contribution is -2.42. The Morgan fingerprint density at radius 2 is 2.40 bits per heavy atom. The minimum Gasteiger partial charge on any atom is -0.356 e. The molecule has 0 bridgehead atoms. The molecule has 0 amide bonds. The third-order valence-electron chi connectivity index (χ3n) is 3.76. The highest BCUT2D eigenvalue weighted by atomic mass is 127. The van der Waals surface area contributed by atoms with Crippen LogP contribution in [0.1, 0.15) is 37.0 Å². The molecule has 2 aromatic heterocycles. The van der Waals surface area contributed by atoms with Crippen LogP contribution in [-0.2, 0) is 6.54 Å². The van der Waals surface area contributed by atoms with Crippen molar-refractivity contribution < 1.29 is 0 Å². The van der Waals surface area contributed by atoms with E-state index in [0.29, 0.717) is 0 Å². The molecule has 0 radical (unpaired) electrons. The SMILES string of the molecule is CN=C(NCCCSc1nccs1)NC1CCCn2nc(C)nc21.I. The van der Waals surface area contributed by atoms with Crippen molar-refractivity contribution in [2.24, 2.45) is 4.99 Å². The van der Waals surface area contributed by atoms with Crippen LogP contribution >= 0.6 is 47.1 Å². The predicted octanol–water partition coefficient (Wildman–Crippen LogP) is 2.84. The molecular weight excluding hydrogens is 469 g/mol. The lowest BCUT2D eigenvalue weighted by molar-refractivity contribution is 0.397. The fraction of sp³-hybridized carbons (Fsp3) is 0.600. The van der Waals surface area contributed by atoms with Gasteiger partial charge in [-0.1, -0.05) is 11.8 Å². The fourth-order valence-electron chi connectivity index (χ4n) is 2.68. The number of fused-ring (bicyclic) bond motifs is 1. The molecule has 2 N–H and O–H groups in total. The van der Waals surface area contributed by atoms with Crippen LogP contribution < -0.4 is 10.6 Å². The van der Waals surface area contributed by atoms with Crippen molar-refractivity contribution in [3.63, 3.8) is 0 Å². The maximum absolute atomic E-state index is 4.56. The Kier molecular flexibility index (Phi) is 8.43. The van der Waals surface area contributed by atoms with E-state index in [0.717, 1.165) is 60.1 Å². The van der Waals surface area contributed by atoms with Crippen LogP contribution in [0.2, 0.25) is 0 Å². The Morgan fingerprint density at radius 1 is 1.52 bits per heavy atom. The van der Waals surface area contributed by atoms with Crippen molar-refractivity contribution in [3.05, 3.63) is 23.2 Å². The zero-order valence-corrected chi connectivity index (χ0v) is 18.4. The van der Waals surface area contributed by atoms with E-state index >= 15 is 0 Å². The highest BCUT2D eigenvalue weighted by Crippen LogP contribution is 2.23. The second kappa shape index (κ2) is 10.3. The minimum absolute atomic E-state index is 0. The number of guanidine groups is 1. The Morgan fingerprint density at radius 3 is 3.16 bits per heavy atom. The molecule has 138 valence electrons. The lowest BCUT2D eigenvalue weighted by atomic mass is 10.1. The quantitative estimate of drug-likeness (QED) is 0.212. The van der Waals surface area contributed by atoms with Crippen LogP contribution in [-0.4, -0.2) is 45.1 Å². The third-order valence-corrected chi connectivity index (χ3v) is 5.82. The Labute approximate surface area is 173 Å². The molecule has 0 fully saturated rings. The first-order valence-corrected chi connectivity index (χ1v) is 10.0. The number of nitrogens with zero attached hydrogens (tertiary/aromatic N) is 5. The number of aromatic nitrogens is 4. The minimum atomic E-state index is 0. The van der Waals surface area contributed by atoms with Gasteiger partial charge < -0.3 is 10.6 Å². The Balaban J connectivity index is 0.00000225. The first-order chi connectivity index (χ1) is 11.8. The van der Waals surface area contributed by atoms with Crippen LogP contribution in [0.25, 0.3) is 0 Å². The first-order valence-electron chi connectivity index (χ1n) is 8.17. The average molecular weight is 493 g/mol. The van der Waals surface area contributed by atoms with Gasteiger partial charge in [0.2, 0.25) is 0 Å². The Hall–Kier alpha value is -0.880. The fourth-order valence-corrected chi connectivity index (χ4v) is 4.33.